The third-order valence-corrected chi connectivity index (χ3v) is 3.67. The molecule has 94 valence electrons. The third kappa shape index (κ3) is 2.99. The van der Waals surface area contributed by atoms with Gasteiger partial charge < -0.3 is 5.73 Å². The van der Waals surface area contributed by atoms with Gasteiger partial charge in [0, 0.05) is 14.5 Å². The first kappa shape index (κ1) is 13.7. The smallest absolute Gasteiger partial charge is 0.128 e. The molecule has 0 aliphatic carbocycles. The van der Waals surface area contributed by atoms with Crippen molar-refractivity contribution in [2.24, 2.45) is 5.73 Å². The highest BCUT2D eigenvalue weighted by molar-refractivity contribution is 9.10. The van der Waals surface area contributed by atoms with Crippen LogP contribution < -0.4 is 5.73 Å². The lowest BCUT2D eigenvalue weighted by atomic mass is 9.98. The van der Waals surface area contributed by atoms with E-state index in [1.54, 1.807) is 12.1 Å². The minimum Gasteiger partial charge on any atom is -0.320 e. The van der Waals surface area contributed by atoms with E-state index in [0.29, 0.717) is 5.56 Å². The summed E-state index contributed by atoms with van der Waals surface area (Å²) in [5.74, 6) is -0.289. The standard InChI is InChI=1S/C14H12Br2FN/c1-8-4-9(6-11(16)5-8)14(18)12-7-10(15)2-3-13(12)17/h2-7,14H,18H2,1H3. The van der Waals surface area contributed by atoms with Crippen LogP contribution in [0, 0.1) is 12.7 Å². The monoisotopic (exact) mass is 371 g/mol. The summed E-state index contributed by atoms with van der Waals surface area (Å²) in [6, 6.07) is 10.2. The van der Waals surface area contributed by atoms with Crippen LogP contribution in [0.25, 0.3) is 0 Å². The van der Waals surface area contributed by atoms with Crippen LogP contribution in [0.4, 0.5) is 4.39 Å². The van der Waals surface area contributed by atoms with Gasteiger partial charge in [-0.15, -0.1) is 0 Å². The Kier molecular flexibility index (Phi) is 4.20. The van der Waals surface area contributed by atoms with Gasteiger partial charge in [0.25, 0.3) is 0 Å². The highest BCUT2D eigenvalue weighted by atomic mass is 79.9. The van der Waals surface area contributed by atoms with Crippen LogP contribution in [0.15, 0.2) is 45.3 Å². The number of hydrogen-bond acceptors (Lipinski definition) is 1. The van der Waals surface area contributed by atoms with E-state index < -0.39 is 6.04 Å². The molecule has 0 saturated heterocycles. The van der Waals surface area contributed by atoms with Crippen molar-refractivity contribution in [2.45, 2.75) is 13.0 Å². The number of nitrogens with two attached hydrogens (primary N) is 1. The molecule has 0 saturated carbocycles. The lowest BCUT2D eigenvalue weighted by Crippen LogP contribution is -2.14. The predicted molar refractivity (Wildman–Crippen MR) is 79.0 cm³/mol. The van der Waals surface area contributed by atoms with Crippen molar-refractivity contribution in [1.82, 2.24) is 0 Å². The summed E-state index contributed by atoms with van der Waals surface area (Å²) < 4.78 is 15.6. The fraction of sp³-hybridized carbons (Fsp3) is 0.143. The van der Waals surface area contributed by atoms with Gasteiger partial charge in [0.2, 0.25) is 0 Å². The summed E-state index contributed by atoms with van der Waals surface area (Å²) in [5.41, 5.74) is 8.61. The molecule has 2 aromatic carbocycles. The second-order valence-corrected chi connectivity index (χ2v) is 6.04. The fourth-order valence-electron chi connectivity index (χ4n) is 1.88. The molecule has 2 rings (SSSR count). The van der Waals surface area contributed by atoms with Crippen molar-refractivity contribution in [1.29, 1.82) is 0 Å². The summed E-state index contributed by atoms with van der Waals surface area (Å²) in [4.78, 5) is 0. The maximum Gasteiger partial charge on any atom is 0.128 e. The molecule has 0 aliphatic rings. The molecule has 1 unspecified atom stereocenters. The van der Waals surface area contributed by atoms with Crippen LogP contribution in [0.5, 0.6) is 0 Å². The Balaban J connectivity index is 2.47. The highest BCUT2D eigenvalue weighted by Gasteiger charge is 2.14. The topological polar surface area (TPSA) is 26.0 Å². The Labute approximate surface area is 122 Å². The van der Waals surface area contributed by atoms with E-state index in [1.807, 2.05) is 25.1 Å². The van der Waals surface area contributed by atoms with E-state index in [2.05, 4.69) is 31.9 Å². The first-order valence-electron chi connectivity index (χ1n) is 5.45. The van der Waals surface area contributed by atoms with Gasteiger partial charge in [-0.1, -0.05) is 37.9 Å². The summed E-state index contributed by atoms with van der Waals surface area (Å²) in [5, 5.41) is 0. The molecule has 1 atom stereocenters. The molecule has 0 aliphatic heterocycles. The molecule has 0 fully saturated rings. The van der Waals surface area contributed by atoms with E-state index in [9.17, 15) is 4.39 Å². The molecule has 18 heavy (non-hydrogen) atoms. The van der Waals surface area contributed by atoms with E-state index in [4.69, 9.17) is 5.73 Å². The van der Waals surface area contributed by atoms with E-state index in [1.165, 1.54) is 6.07 Å². The molecule has 2 aromatic rings. The number of halogens is 3. The van der Waals surface area contributed by atoms with Gasteiger partial charge in [-0.3, -0.25) is 0 Å². The fourth-order valence-corrected chi connectivity index (χ4v) is 2.88. The Morgan fingerprint density at radius 2 is 1.78 bits per heavy atom. The molecule has 0 amide bonds. The van der Waals surface area contributed by atoms with Gasteiger partial charge in [0.1, 0.15) is 5.82 Å². The van der Waals surface area contributed by atoms with Crippen molar-refractivity contribution >= 4 is 31.9 Å². The van der Waals surface area contributed by atoms with Crippen LogP contribution in [0.2, 0.25) is 0 Å². The van der Waals surface area contributed by atoms with Gasteiger partial charge in [-0.25, -0.2) is 4.39 Å². The molecule has 0 aromatic heterocycles. The quantitative estimate of drug-likeness (QED) is 0.811. The maximum atomic E-state index is 13.8. The summed E-state index contributed by atoms with van der Waals surface area (Å²) in [6.07, 6.45) is 0. The van der Waals surface area contributed by atoms with Crippen LogP contribution in [0.1, 0.15) is 22.7 Å². The first-order valence-corrected chi connectivity index (χ1v) is 7.03. The lowest BCUT2D eigenvalue weighted by Gasteiger charge is -2.15. The average Bonchev–Trinajstić information content (AvgIpc) is 2.30. The highest BCUT2D eigenvalue weighted by Crippen LogP contribution is 2.27. The van der Waals surface area contributed by atoms with Gasteiger partial charge in [-0.05, 0) is 48.4 Å². The first-order chi connectivity index (χ1) is 8.47. The van der Waals surface area contributed by atoms with E-state index in [0.717, 1.165) is 20.1 Å². The summed E-state index contributed by atoms with van der Waals surface area (Å²) in [7, 11) is 0. The van der Waals surface area contributed by atoms with Crippen molar-refractivity contribution in [2.75, 3.05) is 0 Å². The van der Waals surface area contributed by atoms with Crippen LogP contribution in [-0.2, 0) is 0 Å². The van der Waals surface area contributed by atoms with Crippen molar-refractivity contribution in [3.8, 4) is 0 Å². The average molecular weight is 373 g/mol. The number of aryl methyl sites for hydroxylation is 1. The second-order valence-electron chi connectivity index (χ2n) is 4.21. The Bertz CT molecular complexity index is 564. The zero-order valence-electron chi connectivity index (χ0n) is 9.75. The van der Waals surface area contributed by atoms with Gasteiger partial charge >= 0.3 is 0 Å². The zero-order chi connectivity index (χ0) is 13.3. The van der Waals surface area contributed by atoms with Gasteiger partial charge in [-0.2, -0.15) is 0 Å². The summed E-state index contributed by atoms with van der Waals surface area (Å²) in [6.45, 7) is 1.98. The van der Waals surface area contributed by atoms with Crippen LogP contribution in [-0.4, -0.2) is 0 Å². The minimum atomic E-state index is -0.473. The molecular formula is C14H12Br2FN. The number of benzene rings is 2. The normalized spacial score (nSPS) is 12.5. The molecule has 0 spiro atoms. The molecule has 1 nitrogen and oxygen atoms in total. The number of hydrogen-bond donors (Lipinski definition) is 1. The van der Waals surface area contributed by atoms with E-state index in [-0.39, 0.29) is 5.82 Å². The molecule has 2 N–H and O–H groups in total. The van der Waals surface area contributed by atoms with Crippen molar-refractivity contribution in [3.63, 3.8) is 0 Å². The predicted octanol–water partition coefficient (Wildman–Crippen LogP) is 4.71. The minimum absolute atomic E-state index is 0.289. The Morgan fingerprint density at radius 3 is 2.44 bits per heavy atom. The molecule has 0 bridgehead atoms. The van der Waals surface area contributed by atoms with Crippen molar-refractivity contribution in [3.05, 3.63) is 67.9 Å². The van der Waals surface area contributed by atoms with Crippen molar-refractivity contribution < 1.29 is 4.39 Å². The van der Waals surface area contributed by atoms with E-state index >= 15 is 0 Å². The maximum absolute atomic E-state index is 13.8. The third-order valence-electron chi connectivity index (χ3n) is 2.72. The van der Waals surface area contributed by atoms with Gasteiger partial charge in [0.05, 0.1) is 6.04 Å². The Hall–Kier alpha value is -0.710. The van der Waals surface area contributed by atoms with Crippen LogP contribution in [0.3, 0.4) is 0 Å². The molecule has 0 radical (unpaired) electrons. The largest absolute Gasteiger partial charge is 0.320 e. The lowest BCUT2D eigenvalue weighted by molar-refractivity contribution is 0.599. The number of rotatable bonds is 2. The summed E-state index contributed by atoms with van der Waals surface area (Å²) >= 11 is 6.76. The SMILES string of the molecule is Cc1cc(Br)cc(C(N)c2cc(Br)ccc2F)c1. The second kappa shape index (κ2) is 5.51. The van der Waals surface area contributed by atoms with Crippen LogP contribution >= 0.6 is 31.9 Å². The molecule has 0 heterocycles. The van der Waals surface area contributed by atoms with Gasteiger partial charge in [0.15, 0.2) is 0 Å². The molecule has 4 heteroatoms. The Morgan fingerprint density at radius 1 is 1.06 bits per heavy atom. The zero-order valence-corrected chi connectivity index (χ0v) is 12.9. The molecular weight excluding hydrogens is 361 g/mol.